The van der Waals surface area contributed by atoms with Gasteiger partial charge in [0.05, 0.1) is 22.9 Å². The average Bonchev–Trinajstić information content (AvgIpc) is 2.47. The molecule has 0 heterocycles. The van der Waals surface area contributed by atoms with Gasteiger partial charge in [-0.25, -0.2) is 12.8 Å². The van der Waals surface area contributed by atoms with Gasteiger partial charge < -0.3 is 10.5 Å². The number of sulfone groups is 1. The van der Waals surface area contributed by atoms with E-state index in [2.05, 4.69) is 0 Å². The summed E-state index contributed by atoms with van der Waals surface area (Å²) in [6.45, 7) is 0.278. The molecule has 0 radical (unpaired) electrons. The van der Waals surface area contributed by atoms with Crippen LogP contribution in [0.15, 0.2) is 53.4 Å². The molecule has 0 aliphatic carbocycles. The normalized spacial score (nSPS) is 11.3. The highest BCUT2D eigenvalue weighted by Crippen LogP contribution is 2.18. The largest absolute Gasteiger partial charge is 0.494 e. The van der Waals surface area contributed by atoms with E-state index in [9.17, 15) is 12.8 Å². The third-order valence-corrected chi connectivity index (χ3v) is 4.70. The lowest BCUT2D eigenvalue weighted by Crippen LogP contribution is -2.11. The maximum Gasteiger partial charge on any atom is 0.178 e. The number of para-hydroxylation sites is 1. The van der Waals surface area contributed by atoms with E-state index in [-0.39, 0.29) is 22.9 Å². The number of rotatable bonds is 6. The van der Waals surface area contributed by atoms with Gasteiger partial charge in [-0.2, -0.15) is 0 Å². The molecule has 0 atom stereocenters. The summed E-state index contributed by atoms with van der Waals surface area (Å²) in [5.41, 5.74) is 5.26. The van der Waals surface area contributed by atoms with E-state index >= 15 is 0 Å². The van der Waals surface area contributed by atoms with E-state index in [1.807, 2.05) is 18.2 Å². The van der Waals surface area contributed by atoms with Gasteiger partial charge in [-0.1, -0.05) is 18.2 Å². The Kier molecular flexibility index (Phi) is 4.80. The lowest BCUT2D eigenvalue weighted by Gasteiger charge is -2.07. The number of hydrogen-bond donors (Lipinski definition) is 1. The summed E-state index contributed by atoms with van der Waals surface area (Å²) in [7, 11) is -3.53. The van der Waals surface area contributed by atoms with Crippen molar-refractivity contribution in [1.29, 1.82) is 0 Å². The smallest absolute Gasteiger partial charge is 0.178 e. The summed E-state index contributed by atoms with van der Waals surface area (Å²) in [6, 6.07) is 12.6. The zero-order valence-corrected chi connectivity index (χ0v) is 12.1. The third-order valence-electron chi connectivity index (χ3n) is 2.90. The van der Waals surface area contributed by atoms with Gasteiger partial charge in [0.1, 0.15) is 11.6 Å². The van der Waals surface area contributed by atoms with Crippen LogP contribution in [0.2, 0.25) is 0 Å². The number of nitrogen functional groups attached to an aromatic ring is 1. The summed E-state index contributed by atoms with van der Waals surface area (Å²) in [5.74, 6) is -0.145. The fraction of sp³-hybridized carbons (Fsp3) is 0.200. The molecule has 0 bridgehead atoms. The summed E-state index contributed by atoms with van der Waals surface area (Å²) in [4.78, 5) is -0.0612. The van der Waals surface area contributed by atoms with Crippen LogP contribution in [0, 0.1) is 5.82 Å². The van der Waals surface area contributed by atoms with E-state index in [0.717, 1.165) is 6.07 Å². The van der Waals surface area contributed by atoms with Gasteiger partial charge in [0.2, 0.25) is 0 Å². The highest BCUT2D eigenvalue weighted by Gasteiger charge is 2.15. The number of hydrogen-bond acceptors (Lipinski definition) is 4. The summed E-state index contributed by atoms with van der Waals surface area (Å²) >= 11 is 0. The standard InChI is InChI=1S/C15H16FNO3S/c16-14-11-13(7-8-15(14)17)21(18,19)10-4-9-20-12-5-2-1-3-6-12/h1-3,5-8,11H,4,9-10,17H2. The fourth-order valence-corrected chi connectivity index (χ4v) is 3.07. The maximum absolute atomic E-state index is 13.3. The Morgan fingerprint density at radius 1 is 1.10 bits per heavy atom. The van der Waals surface area contributed by atoms with Gasteiger partial charge in [0.25, 0.3) is 0 Å². The van der Waals surface area contributed by atoms with Crippen molar-refractivity contribution in [3.8, 4) is 5.75 Å². The molecule has 6 heteroatoms. The number of ether oxygens (including phenoxy) is 1. The topological polar surface area (TPSA) is 69.4 Å². The van der Waals surface area contributed by atoms with E-state index in [0.29, 0.717) is 12.2 Å². The SMILES string of the molecule is Nc1ccc(S(=O)(=O)CCCOc2ccccc2)cc1F. The maximum atomic E-state index is 13.3. The minimum Gasteiger partial charge on any atom is -0.494 e. The lowest BCUT2D eigenvalue weighted by atomic mass is 10.3. The van der Waals surface area contributed by atoms with Gasteiger partial charge in [-0.15, -0.1) is 0 Å². The Hall–Kier alpha value is -2.08. The van der Waals surface area contributed by atoms with E-state index < -0.39 is 15.7 Å². The Morgan fingerprint density at radius 2 is 1.81 bits per heavy atom. The fourth-order valence-electron chi connectivity index (χ4n) is 1.77. The third kappa shape index (κ3) is 4.19. The predicted molar refractivity (Wildman–Crippen MR) is 79.4 cm³/mol. The number of nitrogens with two attached hydrogens (primary N) is 1. The molecule has 0 fully saturated rings. The molecule has 0 amide bonds. The van der Waals surface area contributed by atoms with Crippen molar-refractivity contribution in [2.24, 2.45) is 0 Å². The summed E-state index contributed by atoms with van der Waals surface area (Å²) < 4.78 is 42.8. The van der Waals surface area contributed by atoms with Crippen molar-refractivity contribution in [1.82, 2.24) is 0 Å². The molecule has 4 nitrogen and oxygen atoms in total. The Morgan fingerprint density at radius 3 is 2.48 bits per heavy atom. The molecule has 2 aromatic carbocycles. The van der Waals surface area contributed by atoms with Crippen LogP contribution in [0.4, 0.5) is 10.1 Å². The molecule has 0 unspecified atom stereocenters. The summed E-state index contributed by atoms with van der Waals surface area (Å²) in [6.07, 6.45) is 0.323. The van der Waals surface area contributed by atoms with Gasteiger partial charge in [-0.3, -0.25) is 0 Å². The first-order valence-electron chi connectivity index (χ1n) is 6.45. The Bertz CT molecular complexity index is 702. The predicted octanol–water partition coefficient (Wildman–Crippen LogP) is 2.65. The van der Waals surface area contributed by atoms with Gasteiger partial charge >= 0.3 is 0 Å². The van der Waals surface area contributed by atoms with Crippen molar-refractivity contribution in [3.05, 3.63) is 54.3 Å². The van der Waals surface area contributed by atoms with Crippen LogP contribution in [0.5, 0.6) is 5.75 Å². The van der Waals surface area contributed by atoms with Crippen molar-refractivity contribution < 1.29 is 17.5 Å². The van der Waals surface area contributed by atoms with Crippen LogP contribution in [-0.2, 0) is 9.84 Å². The monoisotopic (exact) mass is 309 g/mol. The van der Waals surface area contributed by atoms with Crippen molar-refractivity contribution in [2.45, 2.75) is 11.3 Å². The second-order valence-electron chi connectivity index (χ2n) is 4.52. The number of halogens is 1. The Labute approximate surface area is 123 Å². The minimum atomic E-state index is -3.53. The molecule has 112 valence electrons. The second kappa shape index (κ2) is 6.58. The van der Waals surface area contributed by atoms with Crippen LogP contribution < -0.4 is 10.5 Å². The molecule has 2 rings (SSSR count). The van der Waals surface area contributed by atoms with E-state index in [1.165, 1.54) is 12.1 Å². The first-order valence-corrected chi connectivity index (χ1v) is 8.10. The first-order chi connectivity index (χ1) is 9.99. The molecular weight excluding hydrogens is 293 g/mol. The van der Waals surface area contributed by atoms with E-state index in [1.54, 1.807) is 12.1 Å². The molecule has 0 aliphatic rings. The van der Waals surface area contributed by atoms with Crippen LogP contribution >= 0.6 is 0 Å². The molecule has 0 aliphatic heterocycles. The van der Waals surface area contributed by atoms with Crippen molar-refractivity contribution >= 4 is 15.5 Å². The first kappa shape index (κ1) is 15.3. The molecular formula is C15H16FNO3S. The van der Waals surface area contributed by atoms with Crippen LogP contribution in [-0.4, -0.2) is 20.8 Å². The second-order valence-corrected chi connectivity index (χ2v) is 6.63. The van der Waals surface area contributed by atoms with Crippen molar-refractivity contribution in [2.75, 3.05) is 18.1 Å². The molecule has 0 saturated heterocycles. The van der Waals surface area contributed by atoms with Crippen molar-refractivity contribution in [3.63, 3.8) is 0 Å². The summed E-state index contributed by atoms with van der Waals surface area (Å²) in [5, 5.41) is 0. The van der Waals surface area contributed by atoms with E-state index in [4.69, 9.17) is 10.5 Å². The number of benzene rings is 2. The Balaban J connectivity index is 1.91. The van der Waals surface area contributed by atoms with Gasteiger partial charge in [0, 0.05) is 0 Å². The zero-order valence-electron chi connectivity index (χ0n) is 11.3. The minimum absolute atomic E-state index is 0.0612. The zero-order chi connectivity index (χ0) is 15.3. The van der Waals surface area contributed by atoms with Gasteiger partial charge in [-0.05, 0) is 36.8 Å². The molecule has 0 spiro atoms. The molecule has 0 aromatic heterocycles. The lowest BCUT2D eigenvalue weighted by molar-refractivity contribution is 0.317. The van der Waals surface area contributed by atoms with Crippen LogP contribution in [0.25, 0.3) is 0 Å². The quantitative estimate of drug-likeness (QED) is 0.658. The molecule has 2 aromatic rings. The van der Waals surface area contributed by atoms with Crippen LogP contribution in [0.3, 0.4) is 0 Å². The highest BCUT2D eigenvalue weighted by atomic mass is 32.2. The average molecular weight is 309 g/mol. The van der Waals surface area contributed by atoms with Gasteiger partial charge in [0.15, 0.2) is 9.84 Å². The highest BCUT2D eigenvalue weighted by molar-refractivity contribution is 7.91. The number of anilines is 1. The van der Waals surface area contributed by atoms with Crippen LogP contribution in [0.1, 0.15) is 6.42 Å². The molecule has 21 heavy (non-hydrogen) atoms. The molecule has 0 saturated carbocycles. The molecule has 2 N–H and O–H groups in total.